The molecule has 0 amide bonds. The smallest absolute Gasteiger partial charge is 0.0540 e. The summed E-state index contributed by atoms with van der Waals surface area (Å²) in [4.78, 5) is 0. The monoisotopic (exact) mass is 224 g/mol. The Morgan fingerprint density at radius 2 is 1.31 bits per heavy atom. The van der Waals surface area contributed by atoms with Gasteiger partial charge in [-0.2, -0.15) is 0 Å². The minimum atomic E-state index is 0.0210. The molecule has 2 saturated carbocycles. The van der Waals surface area contributed by atoms with Gasteiger partial charge in [0.25, 0.3) is 0 Å². The molecule has 0 saturated heterocycles. The van der Waals surface area contributed by atoms with Gasteiger partial charge >= 0.3 is 0 Å². The highest BCUT2D eigenvalue weighted by Crippen LogP contribution is 2.40. The molecule has 0 bridgehead atoms. The molecule has 94 valence electrons. The average molecular weight is 224 g/mol. The van der Waals surface area contributed by atoms with Crippen LogP contribution in [-0.2, 0) is 0 Å². The molecule has 2 aliphatic rings. The van der Waals surface area contributed by atoms with Gasteiger partial charge in [0.15, 0.2) is 0 Å². The summed E-state index contributed by atoms with van der Waals surface area (Å²) >= 11 is 0. The molecule has 0 aromatic rings. The minimum absolute atomic E-state index is 0.0210. The molecule has 0 unspecified atom stereocenters. The summed E-state index contributed by atoms with van der Waals surface area (Å²) in [6.45, 7) is 2.31. The van der Waals surface area contributed by atoms with E-state index >= 15 is 0 Å². The predicted octanol–water partition coefficient (Wildman–Crippen LogP) is 4.14. The highest BCUT2D eigenvalue weighted by atomic mass is 16.3. The summed E-state index contributed by atoms with van der Waals surface area (Å²) in [5.41, 5.74) is 0. The molecule has 16 heavy (non-hydrogen) atoms. The first-order chi connectivity index (χ1) is 7.79. The van der Waals surface area contributed by atoms with E-state index in [1.54, 1.807) is 0 Å². The van der Waals surface area contributed by atoms with Crippen LogP contribution in [0.5, 0.6) is 0 Å². The van der Waals surface area contributed by atoms with Crippen LogP contribution in [0.4, 0.5) is 0 Å². The van der Waals surface area contributed by atoms with Crippen LogP contribution in [0.3, 0.4) is 0 Å². The van der Waals surface area contributed by atoms with Crippen molar-refractivity contribution in [1.82, 2.24) is 0 Å². The molecular weight excluding hydrogens is 196 g/mol. The summed E-state index contributed by atoms with van der Waals surface area (Å²) in [6.07, 6.45) is 13.5. The van der Waals surface area contributed by atoms with Crippen molar-refractivity contribution < 1.29 is 5.11 Å². The van der Waals surface area contributed by atoms with Gasteiger partial charge in [0.05, 0.1) is 6.10 Å². The zero-order valence-electron chi connectivity index (χ0n) is 10.8. The van der Waals surface area contributed by atoms with E-state index in [1.807, 2.05) is 0 Å². The molecule has 2 fully saturated rings. The van der Waals surface area contributed by atoms with Crippen LogP contribution in [-0.4, -0.2) is 11.2 Å². The van der Waals surface area contributed by atoms with Gasteiger partial charge in [-0.05, 0) is 56.3 Å². The average Bonchev–Trinajstić information content (AvgIpc) is 2.32. The van der Waals surface area contributed by atoms with E-state index in [9.17, 15) is 5.11 Å². The van der Waals surface area contributed by atoms with Crippen molar-refractivity contribution in [2.75, 3.05) is 0 Å². The van der Waals surface area contributed by atoms with E-state index in [0.717, 1.165) is 30.6 Å². The molecule has 0 spiro atoms. The highest BCUT2D eigenvalue weighted by Gasteiger charge is 2.29. The third kappa shape index (κ3) is 3.23. The lowest BCUT2D eigenvalue weighted by Crippen LogP contribution is -2.27. The van der Waals surface area contributed by atoms with E-state index in [4.69, 9.17) is 0 Å². The molecule has 0 aromatic carbocycles. The quantitative estimate of drug-likeness (QED) is 0.763. The highest BCUT2D eigenvalue weighted by molar-refractivity contribution is 4.81. The first-order valence-corrected chi connectivity index (χ1v) is 7.47. The van der Waals surface area contributed by atoms with Crippen LogP contribution < -0.4 is 0 Å². The molecule has 1 heteroatoms. The Morgan fingerprint density at radius 3 is 1.81 bits per heavy atom. The molecule has 2 aliphatic carbocycles. The normalized spacial score (nSPS) is 40.9. The van der Waals surface area contributed by atoms with E-state index in [-0.39, 0.29) is 6.10 Å². The van der Waals surface area contributed by atoms with E-state index in [0.29, 0.717) is 0 Å². The van der Waals surface area contributed by atoms with Crippen molar-refractivity contribution in [3.05, 3.63) is 0 Å². The fraction of sp³-hybridized carbons (Fsp3) is 1.00. The minimum Gasteiger partial charge on any atom is -0.393 e. The van der Waals surface area contributed by atoms with Gasteiger partial charge in [0.1, 0.15) is 0 Å². The van der Waals surface area contributed by atoms with Crippen LogP contribution in [0.1, 0.15) is 71.1 Å². The Labute approximate surface area is 101 Å². The molecular formula is C15H28O. The summed E-state index contributed by atoms with van der Waals surface area (Å²) in [5, 5.41) is 9.54. The van der Waals surface area contributed by atoms with Crippen molar-refractivity contribution in [2.45, 2.75) is 77.2 Å². The van der Waals surface area contributed by atoms with Gasteiger partial charge in [-0.1, -0.05) is 32.6 Å². The standard InChI is InChI=1S/C15H28O/c1-2-3-12-4-6-13(7-5-12)14-8-10-15(16)11-9-14/h12-16H,2-11H2,1H3/t12-,13-,14-,15-. The molecule has 1 nitrogen and oxygen atoms in total. The van der Waals surface area contributed by atoms with Gasteiger partial charge in [0, 0.05) is 0 Å². The molecule has 2 rings (SSSR count). The number of rotatable bonds is 3. The molecule has 0 aromatic heterocycles. The molecule has 0 heterocycles. The van der Waals surface area contributed by atoms with Gasteiger partial charge in [-0.3, -0.25) is 0 Å². The summed E-state index contributed by atoms with van der Waals surface area (Å²) in [6, 6.07) is 0. The van der Waals surface area contributed by atoms with Crippen molar-refractivity contribution >= 4 is 0 Å². The zero-order chi connectivity index (χ0) is 11.4. The van der Waals surface area contributed by atoms with Crippen molar-refractivity contribution in [3.63, 3.8) is 0 Å². The second kappa shape index (κ2) is 6.05. The molecule has 0 aliphatic heterocycles. The Kier molecular flexibility index (Phi) is 4.69. The van der Waals surface area contributed by atoms with Crippen molar-refractivity contribution in [2.24, 2.45) is 17.8 Å². The zero-order valence-corrected chi connectivity index (χ0v) is 10.8. The molecule has 0 atom stereocenters. The summed E-state index contributed by atoms with van der Waals surface area (Å²) in [5.74, 6) is 2.99. The fourth-order valence-electron chi connectivity index (χ4n) is 3.93. The van der Waals surface area contributed by atoms with Crippen LogP contribution >= 0.6 is 0 Å². The Morgan fingerprint density at radius 1 is 0.812 bits per heavy atom. The predicted molar refractivity (Wildman–Crippen MR) is 68.3 cm³/mol. The Bertz CT molecular complexity index is 186. The summed E-state index contributed by atoms with van der Waals surface area (Å²) in [7, 11) is 0. The first kappa shape index (κ1) is 12.4. The SMILES string of the molecule is CCC[C@H]1CC[C@H]([C@H]2CC[C@H](O)CC2)CC1. The number of hydrogen-bond donors (Lipinski definition) is 1. The Balaban J connectivity index is 1.72. The van der Waals surface area contributed by atoms with Gasteiger partial charge in [-0.15, -0.1) is 0 Å². The fourth-order valence-corrected chi connectivity index (χ4v) is 3.93. The first-order valence-electron chi connectivity index (χ1n) is 7.47. The lowest BCUT2D eigenvalue weighted by molar-refractivity contribution is 0.0764. The number of aliphatic hydroxyl groups is 1. The van der Waals surface area contributed by atoms with Crippen molar-refractivity contribution in [3.8, 4) is 0 Å². The van der Waals surface area contributed by atoms with E-state index < -0.39 is 0 Å². The number of aliphatic hydroxyl groups excluding tert-OH is 1. The van der Waals surface area contributed by atoms with E-state index in [2.05, 4.69) is 6.92 Å². The van der Waals surface area contributed by atoms with Crippen molar-refractivity contribution in [1.29, 1.82) is 0 Å². The van der Waals surface area contributed by atoms with Crippen LogP contribution in [0.25, 0.3) is 0 Å². The Hall–Kier alpha value is -0.0400. The van der Waals surface area contributed by atoms with Crippen LogP contribution in [0.2, 0.25) is 0 Å². The second-order valence-electron chi connectivity index (χ2n) is 6.14. The molecule has 1 N–H and O–H groups in total. The van der Waals surface area contributed by atoms with E-state index in [1.165, 1.54) is 51.4 Å². The van der Waals surface area contributed by atoms with Gasteiger partial charge < -0.3 is 5.11 Å². The molecule has 0 radical (unpaired) electrons. The summed E-state index contributed by atoms with van der Waals surface area (Å²) < 4.78 is 0. The maximum atomic E-state index is 9.54. The number of hydrogen-bond acceptors (Lipinski definition) is 1. The second-order valence-corrected chi connectivity index (χ2v) is 6.14. The largest absolute Gasteiger partial charge is 0.393 e. The van der Waals surface area contributed by atoms with Gasteiger partial charge in [-0.25, -0.2) is 0 Å². The third-order valence-electron chi connectivity index (χ3n) is 5.00. The van der Waals surface area contributed by atoms with Crippen LogP contribution in [0.15, 0.2) is 0 Å². The topological polar surface area (TPSA) is 20.2 Å². The van der Waals surface area contributed by atoms with Gasteiger partial charge in [0.2, 0.25) is 0 Å². The van der Waals surface area contributed by atoms with Crippen LogP contribution in [0, 0.1) is 17.8 Å². The lowest BCUT2D eigenvalue weighted by atomic mass is 9.70. The maximum Gasteiger partial charge on any atom is 0.0540 e. The maximum absolute atomic E-state index is 9.54. The lowest BCUT2D eigenvalue weighted by Gasteiger charge is -2.36. The third-order valence-corrected chi connectivity index (χ3v) is 5.00.